The molecule has 2 aromatic carbocycles. The van der Waals surface area contributed by atoms with E-state index >= 15 is 0 Å². The average molecular weight is 200 g/mol. The molecule has 0 spiro atoms. The fraction of sp³-hybridized carbons (Fsp3) is 0.286. The van der Waals surface area contributed by atoms with Crippen molar-refractivity contribution in [1.82, 2.24) is 0 Å². The molecule has 0 aliphatic heterocycles. The monoisotopic (exact) mass is 200 g/mol. The van der Waals surface area contributed by atoms with Gasteiger partial charge in [-0.05, 0) is 29.7 Å². The van der Waals surface area contributed by atoms with Gasteiger partial charge in [0.1, 0.15) is 0 Å². The molecule has 0 aliphatic rings. The molecule has 0 saturated carbocycles. The number of hydrogen-bond acceptors (Lipinski definition) is 1. The van der Waals surface area contributed by atoms with Crippen LogP contribution in [-0.2, 0) is 5.60 Å². The minimum atomic E-state index is -0.735. The average Bonchev–Trinajstić information content (AvgIpc) is 2.28. The summed E-state index contributed by atoms with van der Waals surface area (Å²) in [7, 11) is 0. The van der Waals surface area contributed by atoms with Crippen LogP contribution in [0.25, 0.3) is 10.8 Å². The SMILES string of the molecule is CCC(C)(O)c1cccc2ccccc12. The lowest BCUT2D eigenvalue weighted by molar-refractivity contribution is 0.0546. The van der Waals surface area contributed by atoms with Gasteiger partial charge < -0.3 is 5.11 Å². The number of benzene rings is 2. The molecule has 0 heterocycles. The maximum atomic E-state index is 10.3. The molecule has 78 valence electrons. The Balaban J connectivity index is 2.71. The molecule has 0 radical (unpaired) electrons. The largest absolute Gasteiger partial charge is 0.385 e. The highest BCUT2D eigenvalue weighted by Gasteiger charge is 2.22. The van der Waals surface area contributed by atoms with Gasteiger partial charge in [0, 0.05) is 0 Å². The molecule has 0 saturated heterocycles. The normalized spacial score (nSPS) is 15.1. The predicted molar refractivity (Wildman–Crippen MR) is 63.8 cm³/mol. The summed E-state index contributed by atoms with van der Waals surface area (Å²) in [6, 6.07) is 14.3. The summed E-state index contributed by atoms with van der Waals surface area (Å²) in [6.07, 6.45) is 0.723. The number of fused-ring (bicyclic) bond motifs is 1. The van der Waals surface area contributed by atoms with Crippen molar-refractivity contribution < 1.29 is 5.11 Å². The molecule has 0 amide bonds. The molecule has 0 bridgehead atoms. The van der Waals surface area contributed by atoms with Gasteiger partial charge in [0.2, 0.25) is 0 Å². The van der Waals surface area contributed by atoms with Crippen LogP contribution < -0.4 is 0 Å². The van der Waals surface area contributed by atoms with E-state index in [2.05, 4.69) is 18.2 Å². The first kappa shape index (κ1) is 10.2. The summed E-state index contributed by atoms with van der Waals surface area (Å²) in [5.74, 6) is 0. The highest BCUT2D eigenvalue weighted by atomic mass is 16.3. The predicted octanol–water partition coefficient (Wildman–Crippen LogP) is 3.46. The Kier molecular flexibility index (Phi) is 2.49. The van der Waals surface area contributed by atoms with Gasteiger partial charge in [0.25, 0.3) is 0 Å². The Hall–Kier alpha value is -1.34. The first-order valence-corrected chi connectivity index (χ1v) is 5.36. The topological polar surface area (TPSA) is 20.2 Å². The van der Waals surface area contributed by atoms with E-state index in [1.807, 2.05) is 38.1 Å². The van der Waals surface area contributed by atoms with Gasteiger partial charge in [-0.25, -0.2) is 0 Å². The van der Waals surface area contributed by atoms with Gasteiger partial charge >= 0.3 is 0 Å². The molecule has 0 aromatic heterocycles. The summed E-state index contributed by atoms with van der Waals surface area (Å²) < 4.78 is 0. The first-order valence-electron chi connectivity index (χ1n) is 5.36. The molecule has 1 unspecified atom stereocenters. The summed E-state index contributed by atoms with van der Waals surface area (Å²) >= 11 is 0. The zero-order valence-corrected chi connectivity index (χ0v) is 9.20. The Morgan fingerprint density at radius 2 is 1.73 bits per heavy atom. The summed E-state index contributed by atoms with van der Waals surface area (Å²) in [4.78, 5) is 0. The third-order valence-electron chi connectivity index (χ3n) is 3.06. The van der Waals surface area contributed by atoms with Crippen molar-refractivity contribution >= 4 is 10.8 Å². The number of hydrogen-bond donors (Lipinski definition) is 1. The molecule has 2 rings (SSSR count). The molecule has 15 heavy (non-hydrogen) atoms. The van der Waals surface area contributed by atoms with Gasteiger partial charge in [-0.1, -0.05) is 49.4 Å². The van der Waals surface area contributed by atoms with Crippen molar-refractivity contribution in [3.05, 3.63) is 48.0 Å². The van der Waals surface area contributed by atoms with Gasteiger partial charge in [0.15, 0.2) is 0 Å². The van der Waals surface area contributed by atoms with Crippen LogP contribution in [0.2, 0.25) is 0 Å². The van der Waals surface area contributed by atoms with E-state index in [1.54, 1.807) is 0 Å². The van der Waals surface area contributed by atoms with E-state index in [0.717, 1.165) is 17.4 Å². The van der Waals surface area contributed by atoms with E-state index in [9.17, 15) is 5.11 Å². The van der Waals surface area contributed by atoms with Crippen LogP contribution in [0.1, 0.15) is 25.8 Å². The van der Waals surface area contributed by atoms with Crippen molar-refractivity contribution in [2.75, 3.05) is 0 Å². The minimum absolute atomic E-state index is 0.723. The Morgan fingerprint density at radius 3 is 2.47 bits per heavy atom. The van der Waals surface area contributed by atoms with Crippen molar-refractivity contribution in [2.45, 2.75) is 25.9 Å². The highest BCUT2D eigenvalue weighted by molar-refractivity contribution is 5.86. The first-order chi connectivity index (χ1) is 7.15. The molecule has 1 nitrogen and oxygen atoms in total. The second-order valence-electron chi connectivity index (χ2n) is 4.15. The Bertz CT molecular complexity index is 466. The zero-order valence-electron chi connectivity index (χ0n) is 9.20. The fourth-order valence-corrected chi connectivity index (χ4v) is 1.89. The summed E-state index contributed by atoms with van der Waals surface area (Å²) in [6.45, 7) is 3.87. The highest BCUT2D eigenvalue weighted by Crippen LogP contribution is 2.30. The van der Waals surface area contributed by atoms with Crippen molar-refractivity contribution in [3.8, 4) is 0 Å². The maximum absolute atomic E-state index is 10.3. The van der Waals surface area contributed by atoms with Crippen LogP contribution in [0.15, 0.2) is 42.5 Å². The van der Waals surface area contributed by atoms with Crippen LogP contribution in [0.4, 0.5) is 0 Å². The van der Waals surface area contributed by atoms with Crippen LogP contribution in [-0.4, -0.2) is 5.11 Å². The molecule has 2 aromatic rings. The van der Waals surface area contributed by atoms with E-state index in [0.29, 0.717) is 0 Å². The van der Waals surface area contributed by atoms with Gasteiger partial charge in [-0.2, -0.15) is 0 Å². The lowest BCUT2D eigenvalue weighted by Gasteiger charge is -2.23. The third-order valence-corrected chi connectivity index (χ3v) is 3.06. The van der Waals surface area contributed by atoms with Crippen LogP contribution in [0, 0.1) is 0 Å². The molecule has 0 fully saturated rings. The lowest BCUT2D eigenvalue weighted by atomic mass is 9.89. The minimum Gasteiger partial charge on any atom is -0.385 e. The molecule has 1 N–H and O–H groups in total. The van der Waals surface area contributed by atoms with Crippen LogP contribution >= 0.6 is 0 Å². The Labute approximate surface area is 90.4 Å². The fourth-order valence-electron chi connectivity index (χ4n) is 1.89. The van der Waals surface area contributed by atoms with Crippen molar-refractivity contribution in [3.63, 3.8) is 0 Å². The van der Waals surface area contributed by atoms with Gasteiger partial charge in [-0.3, -0.25) is 0 Å². The summed E-state index contributed by atoms with van der Waals surface area (Å²) in [5.41, 5.74) is 0.282. The second-order valence-corrected chi connectivity index (χ2v) is 4.15. The van der Waals surface area contributed by atoms with Crippen molar-refractivity contribution in [1.29, 1.82) is 0 Å². The molecule has 1 heteroatoms. The van der Waals surface area contributed by atoms with Gasteiger partial charge in [-0.15, -0.1) is 0 Å². The smallest absolute Gasteiger partial charge is 0.0871 e. The molecule has 0 aliphatic carbocycles. The van der Waals surface area contributed by atoms with Crippen LogP contribution in [0.5, 0.6) is 0 Å². The van der Waals surface area contributed by atoms with E-state index in [-0.39, 0.29) is 0 Å². The molecular weight excluding hydrogens is 184 g/mol. The number of rotatable bonds is 2. The second kappa shape index (κ2) is 3.67. The standard InChI is InChI=1S/C14H16O/c1-3-14(2,15)13-10-6-8-11-7-4-5-9-12(11)13/h4-10,15H,3H2,1-2H3. The zero-order chi connectivity index (χ0) is 10.9. The third kappa shape index (κ3) is 1.75. The maximum Gasteiger partial charge on any atom is 0.0871 e. The molecular formula is C14H16O. The lowest BCUT2D eigenvalue weighted by Crippen LogP contribution is -2.19. The van der Waals surface area contributed by atoms with Crippen LogP contribution in [0.3, 0.4) is 0 Å². The summed E-state index contributed by atoms with van der Waals surface area (Å²) in [5, 5.41) is 12.6. The number of aliphatic hydroxyl groups is 1. The quantitative estimate of drug-likeness (QED) is 0.787. The van der Waals surface area contributed by atoms with E-state index in [1.165, 1.54) is 5.39 Å². The Morgan fingerprint density at radius 1 is 1.07 bits per heavy atom. The van der Waals surface area contributed by atoms with Gasteiger partial charge in [0.05, 0.1) is 5.60 Å². The van der Waals surface area contributed by atoms with E-state index in [4.69, 9.17) is 0 Å². The van der Waals surface area contributed by atoms with E-state index < -0.39 is 5.60 Å². The molecule has 1 atom stereocenters. The van der Waals surface area contributed by atoms with Crippen molar-refractivity contribution in [2.24, 2.45) is 0 Å².